The van der Waals surface area contributed by atoms with Crippen molar-refractivity contribution in [2.45, 2.75) is 50.6 Å². The molecule has 2 aromatic carbocycles. The molecule has 0 spiro atoms. The summed E-state index contributed by atoms with van der Waals surface area (Å²) in [6.07, 6.45) is 2.16. The maximum absolute atomic E-state index is 12.4. The van der Waals surface area contributed by atoms with Crippen LogP contribution in [0.5, 0.6) is 0 Å². The van der Waals surface area contributed by atoms with Crippen molar-refractivity contribution in [2.24, 2.45) is 5.14 Å². The van der Waals surface area contributed by atoms with Crippen LogP contribution in [0.4, 0.5) is 5.69 Å². The predicted molar refractivity (Wildman–Crippen MR) is 125 cm³/mol. The maximum atomic E-state index is 12.4. The van der Waals surface area contributed by atoms with Gasteiger partial charge in [0.1, 0.15) is 5.82 Å². The van der Waals surface area contributed by atoms with Crippen LogP contribution >= 0.6 is 0 Å². The first-order valence-corrected chi connectivity index (χ1v) is 12.5. The van der Waals surface area contributed by atoms with Crippen LogP contribution in [0.1, 0.15) is 37.6 Å². The number of carbonyl (C=O) groups excluding carboxylic acids is 2. The number of anilines is 1. The van der Waals surface area contributed by atoms with Gasteiger partial charge in [0.05, 0.1) is 15.9 Å². The van der Waals surface area contributed by atoms with Gasteiger partial charge in [0.2, 0.25) is 21.8 Å². The Kier molecular flexibility index (Phi) is 6.48. The summed E-state index contributed by atoms with van der Waals surface area (Å²) >= 11 is 0. The molecule has 1 aliphatic heterocycles. The van der Waals surface area contributed by atoms with E-state index in [2.05, 4.69) is 10.3 Å². The number of nitrogens with one attached hydrogen (secondary N) is 1. The molecule has 0 saturated carbocycles. The van der Waals surface area contributed by atoms with Crippen LogP contribution in [-0.2, 0) is 39.1 Å². The van der Waals surface area contributed by atoms with Crippen LogP contribution in [0.25, 0.3) is 11.0 Å². The van der Waals surface area contributed by atoms with Gasteiger partial charge in [-0.05, 0) is 49.2 Å². The van der Waals surface area contributed by atoms with E-state index in [-0.39, 0.29) is 23.1 Å². The molecule has 0 unspecified atom stereocenters. The second kappa shape index (κ2) is 9.32. The zero-order valence-electron chi connectivity index (χ0n) is 18.5. The molecular formula is C23H27N5O4S. The largest absolute Gasteiger partial charge is 0.352 e. The lowest BCUT2D eigenvalue weighted by Crippen LogP contribution is -2.24. The van der Waals surface area contributed by atoms with Gasteiger partial charge in [0, 0.05) is 44.6 Å². The van der Waals surface area contributed by atoms with Gasteiger partial charge >= 0.3 is 0 Å². The fourth-order valence-electron chi connectivity index (χ4n) is 4.11. The molecule has 3 aromatic rings. The van der Waals surface area contributed by atoms with E-state index in [1.54, 1.807) is 11.0 Å². The first-order chi connectivity index (χ1) is 15.8. The van der Waals surface area contributed by atoms with Gasteiger partial charge < -0.3 is 14.8 Å². The van der Waals surface area contributed by atoms with E-state index in [0.29, 0.717) is 37.3 Å². The number of rotatable bonds is 8. The standard InChI is InChI=1S/C23H27N5O4S/c1-2-27-20-10-9-18(33(24,31)32)14-19(20)26-21(27)11-12-22(29)25-15-16-5-7-17(8-6-16)28-13-3-4-23(28)30/h5-10,14H,2-4,11-13,15H2,1H3,(H,25,29)(H2,24,31,32). The molecule has 0 radical (unpaired) electrons. The molecule has 4 rings (SSSR count). The fraction of sp³-hybridized carbons (Fsp3) is 0.348. The third-order valence-electron chi connectivity index (χ3n) is 5.83. The minimum absolute atomic E-state index is 0.0140. The van der Waals surface area contributed by atoms with E-state index in [1.807, 2.05) is 35.8 Å². The smallest absolute Gasteiger partial charge is 0.238 e. The molecule has 2 heterocycles. The molecule has 0 aliphatic carbocycles. The number of nitrogens with zero attached hydrogens (tertiary/aromatic N) is 3. The van der Waals surface area contributed by atoms with Crippen molar-refractivity contribution in [2.75, 3.05) is 11.4 Å². The van der Waals surface area contributed by atoms with Crippen LogP contribution < -0.4 is 15.4 Å². The lowest BCUT2D eigenvalue weighted by Gasteiger charge is -2.16. The Morgan fingerprint density at radius 1 is 1.18 bits per heavy atom. The molecule has 33 heavy (non-hydrogen) atoms. The fourth-order valence-corrected chi connectivity index (χ4v) is 4.64. The van der Waals surface area contributed by atoms with Crippen molar-refractivity contribution in [3.8, 4) is 0 Å². The molecule has 2 amide bonds. The number of primary sulfonamides is 1. The zero-order chi connectivity index (χ0) is 23.6. The number of carbonyl (C=O) groups is 2. The van der Waals surface area contributed by atoms with Gasteiger partial charge in [0.25, 0.3) is 0 Å². The van der Waals surface area contributed by atoms with Crippen LogP contribution in [0, 0.1) is 0 Å². The summed E-state index contributed by atoms with van der Waals surface area (Å²) in [7, 11) is -3.81. The quantitative estimate of drug-likeness (QED) is 0.522. The van der Waals surface area contributed by atoms with E-state index in [1.165, 1.54) is 12.1 Å². The van der Waals surface area contributed by atoms with Crippen molar-refractivity contribution in [3.05, 3.63) is 53.9 Å². The Labute approximate surface area is 192 Å². The average molecular weight is 470 g/mol. The Morgan fingerprint density at radius 2 is 1.94 bits per heavy atom. The van der Waals surface area contributed by atoms with E-state index in [4.69, 9.17) is 5.14 Å². The number of sulfonamides is 1. The average Bonchev–Trinajstić information content (AvgIpc) is 3.38. The van der Waals surface area contributed by atoms with Gasteiger partial charge in [-0.2, -0.15) is 0 Å². The van der Waals surface area contributed by atoms with Gasteiger partial charge in [-0.15, -0.1) is 0 Å². The highest BCUT2D eigenvalue weighted by Gasteiger charge is 2.21. The van der Waals surface area contributed by atoms with Crippen molar-refractivity contribution >= 4 is 38.6 Å². The van der Waals surface area contributed by atoms with Gasteiger partial charge in [-0.1, -0.05) is 12.1 Å². The van der Waals surface area contributed by atoms with E-state index in [9.17, 15) is 18.0 Å². The first-order valence-electron chi connectivity index (χ1n) is 10.9. The third-order valence-corrected chi connectivity index (χ3v) is 6.74. The number of imidazole rings is 1. The number of aromatic nitrogens is 2. The minimum Gasteiger partial charge on any atom is -0.352 e. The second-order valence-corrected chi connectivity index (χ2v) is 9.62. The number of hydrogen-bond acceptors (Lipinski definition) is 5. The van der Waals surface area contributed by atoms with Gasteiger partial charge in [-0.25, -0.2) is 18.5 Å². The summed E-state index contributed by atoms with van der Waals surface area (Å²) in [5, 5.41) is 8.13. The summed E-state index contributed by atoms with van der Waals surface area (Å²) in [5.41, 5.74) is 3.18. The molecule has 1 saturated heterocycles. The lowest BCUT2D eigenvalue weighted by atomic mass is 10.2. The normalized spacial score (nSPS) is 14.2. The topological polar surface area (TPSA) is 127 Å². The molecule has 3 N–H and O–H groups in total. The van der Waals surface area contributed by atoms with E-state index >= 15 is 0 Å². The maximum Gasteiger partial charge on any atom is 0.238 e. The molecule has 9 nitrogen and oxygen atoms in total. The number of nitrogens with two attached hydrogens (primary N) is 1. The van der Waals surface area contributed by atoms with Crippen molar-refractivity contribution in [3.63, 3.8) is 0 Å². The monoisotopic (exact) mass is 469 g/mol. The van der Waals surface area contributed by atoms with Crippen LogP contribution in [-0.4, -0.2) is 36.3 Å². The van der Waals surface area contributed by atoms with Gasteiger partial charge in [0.15, 0.2) is 0 Å². The van der Waals surface area contributed by atoms with Gasteiger partial charge in [-0.3, -0.25) is 9.59 Å². The summed E-state index contributed by atoms with van der Waals surface area (Å²) in [6.45, 7) is 3.77. The van der Waals surface area contributed by atoms with E-state index < -0.39 is 10.0 Å². The number of aryl methyl sites for hydroxylation is 2. The third kappa shape index (κ3) is 5.07. The van der Waals surface area contributed by atoms with Crippen molar-refractivity contribution < 1.29 is 18.0 Å². The van der Waals surface area contributed by atoms with Crippen LogP contribution in [0.2, 0.25) is 0 Å². The zero-order valence-corrected chi connectivity index (χ0v) is 19.3. The summed E-state index contributed by atoms with van der Waals surface area (Å²) < 4.78 is 25.2. The van der Waals surface area contributed by atoms with E-state index in [0.717, 1.165) is 29.7 Å². The van der Waals surface area contributed by atoms with Crippen LogP contribution in [0.3, 0.4) is 0 Å². The molecule has 1 aliphatic rings. The first kappa shape index (κ1) is 22.9. The number of hydrogen-bond donors (Lipinski definition) is 2. The molecule has 0 bridgehead atoms. The minimum atomic E-state index is -3.81. The highest BCUT2D eigenvalue weighted by atomic mass is 32.2. The Bertz CT molecular complexity index is 1300. The highest BCUT2D eigenvalue weighted by molar-refractivity contribution is 7.89. The number of amides is 2. The molecular weight excluding hydrogens is 442 g/mol. The summed E-state index contributed by atoms with van der Waals surface area (Å²) in [6, 6.07) is 12.3. The number of benzene rings is 2. The molecule has 10 heteroatoms. The highest BCUT2D eigenvalue weighted by Crippen LogP contribution is 2.22. The molecule has 1 fully saturated rings. The van der Waals surface area contributed by atoms with Crippen LogP contribution in [0.15, 0.2) is 47.4 Å². The predicted octanol–water partition coefficient (Wildman–Crippen LogP) is 2.08. The van der Waals surface area contributed by atoms with Crippen molar-refractivity contribution in [1.82, 2.24) is 14.9 Å². The molecule has 174 valence electrons. The summed E-state index contributed by atoms with van der Waals surface area (Å²) in [4.78, 5) is 30.6. The Morgan fingerprint density at radius 3 is 2.58 bits per heavy atom. The second-order valence-electron chi connectivity index (χ2n) is 8.06. The number of fused-ring (bicyclic) bond motifs is 1. The summed E-state index contributed by atoms with van der Waals surface area (Å²) in [5.74, 6) is 0.762. The lowest BCUT2D eigenvalue weighted by molar-refractivity contribution is -0.121. The molecule has 0 atom stereocenters. The Balaban J connectivity index is 1.36. The molecule has 1 aromatic heterocycles. The SMILES string of the molecule is CCn1c(CCC(=O)NCc2ccc(N3CCCC3=O)cc2)nc2cc(S(N)(=O)=O)ccc21. The Hall–Kier alpha value is -3.24. The van der Waals surface area contributed by atoms with Crippen molar-refractivity contribution in [1.29, 1.82) is 0 Å².